The molecular formula is C24H20FNO5. The van der Waals surface area contributed by atoms with Gasteiger partial charge in [-0.2, -0.15) is 0 Å². The Morgan fingerprint density at radius 3 is 2.19 bits per heavy atom. The van der Waals surface area contributed by atoms with E-state index in [1.165, 1.54) is 12.1 Å². The number of rotatable bonds is 6. The number of aromatic carboxylic acids is 1. The van der Waals surface area contributed by atoms with Crippen LogP contribution in [-0.2, 0) is 4.74 Å². The molecule has 158 valence electrons. The minimum Gasteiger partial charge on any atom is -0.491 e. The van der Waals surface area contributed by atoms with E-state index in [2.05, 4.69) is 5.32 Å². The smallest absolute Gasteiger partial charge is 0.411 e. The lowest BCUT2D eigenvalue weighted by Crippen LogP contribution is -2.20. The number of nitrogens with one attached hydrogen (secondary N) is 1. The second-order valence-corrected chi connectivity index (χ2v) is 6.99. The van der Waals surface area contributed by atoms with Gasteiger partial charge in [-0.1, -0.05) is 48.5 Å². The largest absolute Gasteiger partial charge is 0.491 e. The molecule has 1 amide bonds. The lowest BCUT2D eigenvalue weighted by atomic mass is 9.98. The molecule has 3 aromatic rings. The summed E-state index contributed by atoms with van der Waals surface area (Å²) in [6.07, 6.45) is -0.868. The number of halogens is 1. The summed E-state index contributed by atoms with van der Waals surface area (Å²) in [6.45, 7) is 1.89. The fraction of sp³-hybridized carbons (Fsp3) is 0.167. The van der Waals surface area contributed by atoms with Crippen LogP contribution in [-0.4, -0.2) is 30.4 Å². The van der Waals surface area contributed by atoms with Crippen LogP contribution in [0.2, 0.25) is 0 Å². The van der Waals surface area contributed by atoms with Gasteiger partial charge in [-0.3, -0.25) is 5.32 Å². The quantitative estimate of drug-likeness (QED) is 0.565. The maximum absolute atomic E-state index is 14.5. The number of carboxylic acid groups (broad SMARTS) is 1. The molecule has 0 aromatic heterocycles. The average Bonchev–Trinajstić information content (AvgIpc) is 3.08. The highest BCUT2D eigenvalue weighted by atomic mass is 19.1. The minimum absolute atomic E-state index is 0.0573. The predicted molar refractivity (Wildman–Crippen MR) is 113 cm³/mol. The maximum Gasteiger partial charge on any atom is 0.411 e. The fourth-order valence-electron chi connectivity index (χ4n) is 3.88. The van der Waals surface area contributed by atoms with Gasteiger partial charge in [0.2, 0.25) is 0 Å². The molecule has 2 N–H and O–H groups in total. The Morgan fingerprint density at radius 1 is 1.00 bits per heavy atom. The third kappa shape index (κ3) is 3.82. The van der Waals surface area contributed by atoms with Crippen LogP contribution >= 0.6 is 0 Å². The average molecular weight is 421 g/mol. The first kappa shape index (κ1) is 20.4. The van der Waals surface area contributed by atoms with Gasteiger partial charge in [-0.25, -0.2) is 14.0 Å². The zero-order chi connectivity index (χ0) is 22.0. The summed E-state index contributed by atoms with van der Waals surface area (Å²) in [6, 6.07) is 18.4. The number of hydrogen-bond donors (Lipinski definition) is 2. The molecule has 0 spiro atoms. The zero-order valence-corrected chi connectivity index (χ0v) is 16.7. The second kappa shape index (κ2) is 8.47. The highest BCUT2D eigenvalue weighted by Gasteiger charge is 2.29. The van der Waals surface area contributed by atoms with Crippen LogP contribution in [0.5, 0.6) is 5.75 Å². The van der Waals surface area contributed by atoms with Crippen LogP contribution in [0.25, 0.3) is 11.1 Å². The van der Waals surface area contributed by atoms with Crippen molar-refractivity contribution in [3.05, 3.63) is 83.2 Å². The first-order valence-electron chi connectivity index (χ1n) is 9.81. The molecular weight excluding hydrogens is 401 g/mol. The topological polar surface area (TPSA) is 84.9 Å². The standard InChI is InChI=1S/C24H20FNO5/c1-2-30-20-12-11-19(21(22(20)25)23(27)28)26-24(29)31-13-18-16-9-5-3-7-14(16)15-8-4-6-10-17(15)18/h3-12,18H,2,13H2,1H3,(H,26,29)(H,27,28). The van der Waals surface area contributed by atoms with Crippen LogP contribution < -0.4 is 10.1 Å². The predicted octanol–water partition coefficient (Wildman–Crippen LogP) is 5.28. The number of carboxylic acids is 1. The summed E-state index contributed by atoms with van der Waals surface area (Å²) < 4.78 is 25.0. The Labute approximate surface area is 178 Å². The number of carbonyl (C=O) groups excluding carboxylic acids is 1. The molecule has 0 saturated heterocycles. The van der Waals surface area contributed by atoms with Gasteiger partial charge in [0.05, 0.1) is 12.3 Å². The maximum atomic E-state index is 14.5. The monoisotopic (exact) mass is 421 g/mol. The summed E-state index contributed by atoms with van der Waals surface area (Å²) in [5.41, 5.74) is 3.40. The number of fused-ring (bicyclic) bond motifs is 3. The molecule has 0 unspecified atom stereocenters. The molecule has 0 radical (unpaired) electrons. The van der Waals surface area contributed by atoms with Crippen molar-refractivity contribution in [3.63, 3.8) is 0 Å². The molecule has 0 heterocycles. The summed E-state index contributed by atoms with van der Waals surface area (Å²) >= 11 is 0. The highest BCUT2D eigenvalue weighted by Crippen LogP contribution is 2.44. The lowest BCUT2D eigenvalue weighted by Gasteiger charge is -2.16. The Kier molecular flexibility index (Phi) is 5.58. The zero-order valence-electron chi connectivity index (χ0n) is 16.7. The van der Waals surface area contributed by atoms with Crippen molar-refractivity contribution in [3.8, 4) is 16.9 Å². The van der Waals surface area contributed by atoms with Gasteiger partial charge in [0.15, 0.2) is 11.6 Å². The number of amides is 1. The van der Waals surface area contributed by atoms with Crippen molar-refractivity contribution < 1.29 is 28.6 Å². The van der Waals surface area contributed by atoms with Gasteiger partial charge < -0.3 is 14.6 Å². The van der Waals surface area contributed by atoms with Crippen LogP contribution in [0.3, 0.4) is 0 Å². The first-order chi connectivity index (χ1) is 15.0. The van der Waals surface area contributed by atoms with E-state index in [1.54, 1.807) is 6.92 Å². The Balaban J connectivity index is 1.52. The molecule has 0 fully saturated rings. The van der Waals surface area contributed by atoms with E-state index in [9.17, 15) is 19.1 Å². The van der Waals surface area contributed by atoms with E-state index >= 15 is 0 Å². The van der Waals surface area contributed by atoms with E-state index in [0.717, 1.165) is 22.3 Å². The Hall–Kier alpha value is -3.87. The van der Waals surface area contributed by atoms with Gasteiger partial charge in [-0.05, 0) is 41.3 Å². The molecule has 3 aromatic carbocycles. The van der Waals surface area contributed by atoms with Crippen LogP contribution in [0.4, 0.5) is 14.9 Å². The molecule has 4 rings (SSSR count). The molecule has 1 aliphatic rings. The molecule has 31 heavy (non-hydrogen) atoms. The molecule has 7 heteroatoms. The van der Waals surface area contributed by atoms with E-state index < -0.39 is 23.4 Å². The van der Waals surface area contributed by atoms with E-state index in [1.807, 2.05) is 48.5 Å². The van der Waals surface area contributed by atoms with Crippen LogP contribution in [0.15, 0.2) is 60.7 Å². The molecule has 0 atom stereocenters. The number of benzene rings is 3. The third-order valence-electron chi connectivity index (χ3n) is 5.20. The molecule has 1 aliphatic carbocycles. The highest BCUT2D eigenvalue weighted by molar-refractivity contribution is 5.99. The van der Waals surface area contributed by atoms with Crippen molar-refractivity contribution in [2.24, 2.45) is 0 Å². The van der Waals surface area contributed by atoms with Gasteiger partial charge in [0.25, 0.3) is 0 Å². The molecule has 6 nitrogen and oxygen atoms in total. The van der Waals surface area contributed by atoms with Crippen molar-refractivity contribution in [2.45, 2.75) is 12.8 Å². The van der Waals surface area contributed by atoms with Crippen molar-refractivity contribution in [1.82, 2.24) is 0 Å². The number of hydrogen-bond acceptors (Lipinski definition) is 4. The minimum atomic E-state index is -1.52. The Morgan fingerprint density at radius 2 is 1.61 bits per heavy atom. The van der Waals surface area contributed by atoms with Crippen LogP contribution in [0.1, 0.15) is 34.3 Å². The van der Waals surface area contributed by atoms with E-state index in [4.69, 9.17) is 9.47 Å². The first-order valence-corrected chi connectivity index (χ1v) is 9.81. The van der Waals surface area contributed by atoms with Crippen molar-refractivity contribution in [1.29, 1.82) is 0 Å². The van der Waals surface area contributed by atoms with Gasteiger partial charge >= 0.3 is 12.1 Å². The summed E-state index contributed by atoms with van der Waals surface area (Å²) in [5.74, 6) is -2.91. The Bertz CT molecular complexity index is 1110. The summed E-state index contributed by atoms with van der Waals surface area (Å²) in [4.78, 5) is 23.9. The van der Waals surface area contributed by atoms with Gasteiger partial charge in [0, 0.05) is 5.92 Å². The normalized spacial score (nSPS) is 12.1. The third-order valence-corrected chi connectivity index (χ3v) is 5.20. The van der Waals surface area contributed by atoms with E-state index in [0.29, 0.717) is 0 Å². The second-order valence-electron chi connectivity index (χ2n) is 6.99. The van der Waals surface area contributed by atoms with Gasteiger partial charge in [-0.15, -0.1) is 0 Å². The number of ether oxygens (including phenoxy) is 2. The van der Waals surface area contributed by atoms with Crippen LogP contribution in [0, 0.1) is 5.82 Å². The van der Waals surface area contributed by atoms with Gasteiger partial charge in [0.1, 0.15) is 12.2 Å². The molecule has 0 saturated carbocycles. The number of carbonyl (C=O) groups is 2. The molecule has 0 bridgehead atoms. The molecule has 0 aliphatic heterocycles. The fourth-order valence-corrected chi connectivity index (χ4v) is 3.88. The van der Waals surface area contributed by atoms with Crippen molar-refractivity contribution in [2.75, 3.05) is 18.5 Å². The van der Waals surface area contributed by atoms with E-state index in [-0.39, 0.29) is 30.6 Å². The van der Waals surface area contributed by atoms with Crippen molar-refractivity contribution >= 4 is 17.7 Å². The summed E-state index contributed by atoms with van der Waals surface area (Å²) in [5, 5.41) is 11.7. The lowest BCUT2D eigenvalue weighted by molar-refractivity contribution is 0.0692. The number of anilines is 1. The SMILES string of the molecule is CCOc1ccc(NC(=O)OCC2c3ccccc3-c3ccccc32)c(C(=O)O)c1F. The summed E-state index contributed by atoms with van der Waals surface area (Å²) in [7, 11) is 0.